The van der Waals surface area contributed by atoms with Crippen molar-refractivity contribution in [2.75, 3.05) is 19.7 Å². The van der Waals surface area contributed by atoms with E-state index in [4.69, 9.17) is 4.74 Å². The van der Waals surface area contributed by atoms with Gasteiger partial charge in [-0.15, -0.1) is 0 Å². The number of carbonyl (C=O) groups excluding carboxylic acids is 2. The lowest BCUT2D eigenvalue weighted by Crippen LogP contribution is -2.56. The van der Waals surface area contributed by atoms with Gasteiger partial charge in [0.05, 0.1) is 6.61 Å². The van der Waals surface area contributed by atoms with Gasteiger partial charge in [0.1, 0.15) is 11.8 Å². The number of ether oxygens (including phenoxy) is 1. The summed E-state index contributed by atoms with van der Waals surface area (Å²) >= 11 is 0. The fourth-order valence-electron chi connectivity index (χ4n) is 4.53. The summed E-state index contributed by atoms with van der Waals surface area (Å²) in [4.78, 5) is 30.1. The molecule has 1 saturated carbocycles. The molecule has 2 saturated heterocycles. The molecule has 1 aromatic rings. The summed E-state index contributed by atoms with van der Waals surface area (Å²) in [5.74, 6) is -0.0122. The Bertz CT molecular complexity index is 634. The molecular weight excluding hydrogens is 316 g/mol. The average Bonchev–Trinajstić information content (AvgIpc) is 3.31. The number of amides is 2. The summed E-state index contributed by atoms with van der Waals surface area (Å²) in [5.41, 5.74) is 0.0442. The van der Waals surface area contributed by atoms with Crippen LogP contribution in [-0.2, 0) is 9.53 Å². The van der Waals surface area contributed by atoms with Crippen LogP contribution in [0.25, 0.3) is 0 Å². The maximum atomic E-state index is 13.3. The third kappa shape index (κ3) is 2.95. The summed E-state index contributed by atoms with van der Waals surface area (Å²) in [6, 6.07) is 8.82. The normalized spacial score (nSPS) is 25.5. The van der Waals surface area contributed by atoms with Gasteiger partial charge < -0.3 is 9.64 Å². The van der Waals surface area contributed by atoms with Crippen molar-refractivity contribution in [3.63, 3.8) is 0 Å². The smallest absolute Gasteiger partial charge is 0.256 e. The molecule has 25 heavy (non-hydrogen) atoms. The maximum absolute atomic E-state index is 13.3. The highest BCUT2D eigenvalue weighted by atomic mass is 16.5. The SMILES string of the molecule is O=C([C@H]1COC2(CCCCC2)N1C(=O)c1ccccc1)N1CCCC1. The molecule has 4 rings (SSSR count). The zero-order valence-electron chi connectivity index (χ0n) is 14.7. The van der Waals surface area contributed by atoms with Crippen molar-refractivity contribution in [3.8, 4) is 0 Å². The minimum Gasteiger partial charge on any atom is -0.353 e. The molecule has 5 nitrogen and oxygen atoms in total. The van der Waals surface area contributed by atoms with Crippen molar-refractivity contribution in [3.05, 3.63) is 35.9 Å². The Hall–Kier alpha value is -1.88. The minimum atomic E-state index is -0.592. The van der Waals surface area contributed by atoms with Crippen LogP contribution in [0, 0.1) is 0 Å². The Labute approximate surface area is 148 Å². The molecule has 3 fully saturated rings. The van der Waals surface area contributed by atoms with Crippen LogP contribution in [0.15, 0.2) is 30.3 Å². The minimum absolute atomic E-state index is 0.0595. The number of nitrogens with zero attached hydrogens (tertiary/aromatic N) is 2. The molecule has 2 heterocycles. The predicted molar refractivity (Wildman–Crippen MR) is 94.0 cm³/mol. The van der Waals surface area contributed by atoms with Crippen LogP contribution < -0.4 is 0 Å². The van der Waals surface area contributed by atoms with Crippen LogP contribution in [0.4, 0.5) is 0 Å². The molecular formula is C20H26N2O3. The largest absolute Gasteiger partial charge is 0.353 e. The van der Waals surface area contributed by atoms with Crippen LogP contribution in [-0.4, -0.2) is 53.1 Å². The van der Waals surface area contributed by atoms with E-state index in [0.717, 1.165) is 51.6 Å². The number of hydrogen-bond acceptors (Lipinski definition) is 3. The molecule has 5 heteroatoms. The second-order valence-electron chi connectivity index (χ2n) is 7.41. The molecule has 0 N–H and O–H groups in total. The molecule has 1 aromatic carbocycles. The van der Waals surface area contributed by atoms with E-state index in [-0.39, 0.29) is 11.8 Å². The predicted octanol–water partition coefficient (Wildman–Crippen LogP) is 2.81. The lowest BCUT2D eigenvalue weighted by atomic mass is 9.89. The highest BCUT2D eigenvalue weighted by Crippen LogP contribution is 2.41. The van der Waals surface area contributed by atoms with E-state index in [2.05, 4.69) is 0 Å². The van der Waals surface area contributed by atoms with E-state index in [1.807, 2.05) is 35.2 Å². The van der Waals surface area contributed by atoms with Crippen molar-refractivity contribution < 1.29 is 14.3 Å². The van der Waals surface area contributed by atoms with E-state index >= 15 is 0 Å². The molecule has 0 bridgehead atoms. The van der Waals surface area contributed by atoms with Crippen LogP contribution >= 0.6 is 0 Å². The molecule has 3 aliphatic rings. The van der Waals surface area contributed by atoms with Crippen LogP contribution in [0.5, 0.6) is 0 Å². The monoisotopic (exact) mass is 342 g/mol. The van der Waals surface area contributed by atoms with Crippen molar-refractivity contribution in [2.45, 2.75) is 56.7 Å². The number of likely N-dealkylation sites (tertiary alicyclic amines) is 1. The molecule has 134 valence electrons. The Kier molecular flexibility index (Phi) is 4.50. The van der Waals surface area contributed by atoms with Crippen LogP contribution in [0.1, 0.15) is 55.3 Å². The van der Waals surface area contributed by atoms with E-state index in [9.17, 15) is 9.59 Å². The summed E-state index contributed by atoms with van der Waals surface area (Å²) in [7, 11) is 0. The van der Waals surface area contributed by atoms with Gasteiger partial charge in [-0.25, -0.2) is 0 Å². The quantitative estimate of drug-likeness (QED) is 0.830. The number of carbonyl (C=O) groups is 2. The van der Waals surface area contributed by atoms with Crippen molar-refractivity contribution in [1.82, 2.24) is 9.80 Å². The highest BCUT2D eigenvalue weighted by molar-refractivity contribution is 5.98. The Morgan fingerprint density at radius 3 is 2.32 bits per heavy atom. The van der Waals surface area contributed by atoms with Gasteiger partial charge in [-0.2, -0.15) is 0 Å². The third-order valence-electron chi connectivity index (χ3n) is 5.84. The van der Waals surface area contributed by atoms with Crippen molar-refractivity contribution in [2.24, 2.45) is 0 Å². The maximum Gasteiger partial charge on any atom is 0.256 e. The Balaban J connectivity index is 1.66. The molecule has 2 amide bonds. The molecule has 2 aliphatic heterocycles. The van der Waals surface area contributed by atoms with Gasteiger partial charge >= 0.3 is 0 Å². The van der Waals surface area contributed by atoms with Gasteiger partial charge in [-0.05, 0) is 50.7 Å². The fraction of sp³-hybridized carbons (Fsp3) is 0.600. The van der Waals surface area contributed by atoms with Gasteiger partial charge in [0.2, 0.25) is 5.91 Å². The average molecular weight is 342 g/mol. The zero-order chi connectivity index (χ0) is 17.3. The first-order chi connectivity index (χ1) is 12.2. The lowest BCUT2D eigenvalue weighted by molar-refractivity contribution is -0.136. The number of rotatable bonds is 2. The molecule has 0 radical (unpaired) electrons. The van der Waals surface area contributed by atoms with Gasteiger partial charge in [-0.3, -0.25) is 14.5 Å². The topological polar surface area (TPSA) is 49.9 Å². The summed E-state index contributed by atoms with van der Waals surface area (Å²) in [6.45, 7) is 1.93. The molecule has 1 spiro atoms. The Morgan fingerprint density at radius 1 is 0.960 bits per heavy atom. The number of benzene rings is 1. The summed E-state index contributed by atoms with van der Waals surface area (Å²) < 4.78 is 6.19. The molecule has 1 aliphatic carbocycles. The zero-order valence-corrected chi connectivity index (χ0v) is 14.7. The highest BCUT2D eigenvalue weighted by Gasteiger charge is 2.53. The van der Waals surface area contributed by atoms with Gasteiger partial charge in [0.25, 0.3) is 5.91 Å². The van der Waals surface area contributed by atoms with Gasteiger partial charge in [0, 0.05) is 18.7 Å². The number of hydrogen-bond donors (Lipinski definition) is 0. The second-order valence-corrected chi connectivity index (χ2v) is 7.41. The van der Waals surface area contributed by atoms with Crippen LogP contribution in [0.3, 0.4) is 0 Å². The molecule has 0 aromatic heterocycles. The van der Waals surface area contributed by atoms with Crippen molar-refractivity contribution in [1.29, 1.82) is 0 Å². The van der Waals surface area contributed by atoms with Gasteiger partial charge in [-0.1, -0.05) is 24.6 Å². The summed E-state index contributed by atoms with van der Waals surface area (Å²) in [6.07, 6.45) is 7.02. The van der Waals surface area contributed by atoms with E-state index in [1.165, 1.54) is 6.42 Å². The third-order valence-corrected chi connectivity index (χ3v) is 5.84. The summed E-state index contributed by atoms with van der Waals surface area (Å²) in [5, 5.41) is 0. The molecule has 1 atom stereocenters. The Morgan fingerprint density at radius 2 is 1.64 bits per heavy atom. The van der Waals surface area contributed by atoms with Crippen molar-refractivity contribution >= 4 is 11.8 Å². The standard InChI is InChI=1S/C20H26N2O3/c23-18(16-9-3-1-4-10-16)22-17(19(24)21-13-7-8-14-21)15-25-20(22)11-5-2-6-12-20/h1,3-4,9-10,17H,2,5-8,11-15H2/t17-/m1/s1. The van der Waals surface area contributed by atoms with E-state index in [1.54, 1.807) is 4.90 Å². The lowest BCUT2D eigenvalue weighted by Gasteiger charge is -2.42. The molecule has 0 unspecified atom stereocenters. The second kappa shape index (κ2) is 6.79. The van der Waals surface area contributed by atoms with Crippen LogP contribution in [0.2, 0.25) is 0 Å². The first kappa shape index (κ1) is 16.6. The van der Waals surface area contributed by atoms with Gasteiger partial charge in [0.15, 0.2) is 0 Å². The first-order valence-electron chi connectivity index (χ1n) is 9.53. The van der Waals surface area contributed by atoms with E-state index < -0.39 is 11.8 Å². The van der Waals surface area contributed by atoms with E-state index in [0.29, 0.717) is 12.2 Å². The first-order valence-corrected chi connectivity index (χ1v) is 9.53. The fourth-order valence-corrected chi connectivity index (χ4v) is 4.53.